The van der Waals surface area contributed by atoms with E-state index in [2.05, 4.69) is 57.3 Å². The lowest BCUT2D eigenvalue weighted by atomic mass is 9.76. The number of anilines is 3. The van der Waals surface area contributed by atoms with Crippen LogP contribution in [0.2, 0.25) is 0 Å². The van der Waals surface area contributed by atoms with Gasteiger partial charge in [-0.3, -0.25) is 4.79 Å². The summed E-state index contributed by atoms with van der Waals surface area (Å²) in [6, 6.07) is 10.3. The second kappa shape index (κ2) is 7.28. The predicted octanol–water partition coefficient (Wildman–Crippen LogP) is 2.98. The molecule has 0 bridgehead atoms. The highest BCUT2D eigenvalue weighted by atomic mass is 16.5. The molecule has 2 aliphatic heterocycles. The lowest BCUT2D eigenvalue weighted by Gasteiger charge is -2.35. The van der Waals surface area contributed by atoms with Crippen LogP contribution in [-0.4, -0.2) is 45.5 Å². The van der Waals surface area contributed by atoms with Crippen molar-refractivity contribution in [3.05, 3.63) is 58.8 Å². The number of aromatic amines is 1. The van der Waals surface area contributed by atoms with E-state index in [0.717, 1.165) is 38.3 Å². The van der Waals surface area contributed by atoms with Crippen molar-refractivity contribution in [3.8, 4) is 5.69 Å². The van der Waals surface area contributed by atoms with Crippen LogP contribution in [0.1, 0.15) is 32.3 Å². The number of pyridine rings is 1. The van der Waals surface area contributed by atoms with Crippen LogP contribution < -0.4 is 15.8 Å². The highest BCUT2D eigenvalue weighted by Gasteiger charge is 2.44. The molecule has 156 valence electrons. The zero-order valence-electron chi connectivity index (χ0n) is 17.3. The Hall–Kier alpha value is -3.13. The van der Waals surface area contributed by atoms with E-state index >= 15 is 0 Å². The van der Waals surface area contributed by atoms with Crippen LogP contribution in [0.4, 0.5) is 17.3 Å². The fraction of sp³-hybridized carbons (Fsp3) is 0.409. The largest absolute Gasteiger partial charge is 0.381 e. The van der Waals surface area contributed by atoms with Crippen LogP contribution in [0.3, 0.4) is 0 Å². The number of H-pyrrole nitrogens is 1. The molecule has 2 aliphatic rings. The van der Waals surface area contributed by atoms with E-state index < -0.39 is 0 Å². The van der Waals surface area contributed by atoms with Gasteiger partial charge in [0.15, 0.2) is 0 Å². The molecule has 1 saturated heterocycles. The normalized spacial score (nSPS) is 17.5. The van der Waals surface area contributed by atoms with Crippen LogP contribution in [0, 0.1) is 0 Å². The topological polar surface area (TPSA) is 88.1 Å². The first-order valence-corrected chi connectivity index (χ1v) is 10.4. The number of aromatic nitrogens is 4. The summed E-state index contributed by atoms with van der Waals surface area (Å²) in [4.78, 5) is 21.0. The van der Waals surface area contributed by atoms with Crippen LogP contribution in [0.15, 0.2) is 47.7 Å². The number of fused-ring (bicyclic) bond motifs is 2. The number of hydrogen-bond acceptors (Lipinski definition) is 6. The first kappa shape index (κ1) is 18.9. The van der Waals surface area contributed by atoms with Gasteiger partial charge in [-0.1, -0.05) is 0 Å². The Morgan fingerprint density at radius 1 is 1.20 bits per heavy atom. The van der Waals surface area contributed by atoms with Crippen LogP contribution in [-0.2, 0) is 10.2 Å². The SMILES string of the molecule is CC(C)N1CC2(CCOCC2)c2cc(Nc3ncn(-c4cc[nH]c(=O)c4)n3)ccc21. The van der Waals surface area contributed by atoms with Crippen LogP contribution in [0.5, 0.6) is 0 Å². The second-order valence-corrected chi connectivity index (χ2v) is 8.40. The van der Waals surface area contributed by atoms with E-state index in [1.165, 1.54) is 17.3 Å². The summed E-state index contributed by atoms with van der Waals surface area (Å²) in [7, 11) is 0. The smallest absolute Gasteiger partial charge is 0.250 e. The molecule has 4 heterocycles. The Balaban J connectivity index is 1.44. The molecule has 0 aliphatic carbocycles. The van der Waals surface area contributed by atoms with Crippen molar-refractivity contribution in [1.82, 2.24) is 19.7 Å². The summed E-state index contributed by atoms with van der Waals surface area (Å²) in [5, 5.41) is 7.79. The molecule has 0 radical (unpaired) electrons. The van der Waals surface area contributed by atoms with E-state index in [1.54, 1.807) is 23.3 Å². The minimum absolute atomic E-state index is 0.146. The highest BCUT2D eigenvalue weighted by Crippen LogP contribution is 2.48. The van der Waals surface area contributed by atoms with Gasteiger partial charge < -0.3 is 19.9 Å². The lowest BCUT2D eigenvalue weighted by molar-refractivity contribution is 0.0551. The van der Waals surface area contributed by atoms with Gasteiger partial charge in [-0.05, 0) is 56.5 Å². The molecule has 0 unspecified atom stereocenters. The van der Waals surface area contributed by atoms with Gasteiger partial charge in [-0.25, -0.2) is 4.68 Å². The third-order valence-electron chi connectivity index (χ3n) is 6.19. The molecular formula is C22H26N6O2. The van der Waals surface area contributed by atoms with Crippen molar-refractivity contribution >= 4 is 17.3 Å². The van der Waals surface area contributed by atoms with Crippen molar-refractivity contribution in [1.29, 1.82) is 0 Å². The molecule has 1 fully saturated rings. The summed E-state index contributed by atoms with van der Waals surface area (Å²) in [5.41, 5.74) is 4.31. The number of nitrogens with zero attached hydrogens (tertiary/aromatic N) is 4. The Morgan fingerprint density at radius 2 is 2.03 bits per heavy atom. The average molecular weight is 406 g/mol. The number of benzene rings is 1. The molecule has 3 aromatic rings. The minimum atomic E-state index is -0.174. The van der Waals surface area contributed by atoms with Gasteiger partial charge in [0, 0.05) is 54.9 Å². The molecule has 5 rings (SSSR count). The van der Waals surface area contributed by atoms with Crippen molar-refractivity contribution in [2.75, 3.05) is 30.0 Å². The van der Waals surface area contributed by atoms with Crippen LogP contribution in [0.25, 0.3) is 5.69 Å². The van der Waals surface area contributed by atoms with Crippen LogP contribution >= 0.6 is 0 Å². The molecule has 1 spiro atoms. The Morgan fingerprint density at radius 3 is 2.80 bits per heavy atom. The Labute approximate surface area is 174 Å². The summed E-state index contributed by atoms with van der Waals surface area (Å²) in [5.74, 6) is 0.495. The maximum absolute atomic E-state index is 11.5. The monoisotopic (exact) mass is 406 g/mol. The first-order valence-electron chi connectivity index (χ1n) is 10.4. The van der Waals surface area contributed by atoms with Crippen molar-refractivity contribution < 1.29 is 4.74 Å². The van der Waals surface area contributed by atoms with Gasteiger partial charge in [0.05, 0.1) is 5.69 Å². The lowest BCUT2D eigenvalue weighted by Crippen LogP contribution is -2.40. The zero-order chi connectivity index (χ0) is 20.7. The molecular weight excluding hydrogens is 380 g/mol. The van der Waals surface area contributed by atoms with E-state index in [9.17, 15) is 4.79 Å². The molecule has 0 saturated carbocycles. The average Bonchev–Trinajstić information content (AvgIpc) is 3.32. The van der Waals surface area contributed by atoms with Gasteiger partial charge in [0.1, 0.15) is 6.33 Å². The molecule has 30 heavy (non-hydrogen) atoms. The Kier molecular flexibility index (Phi) is 4.58. The van der Waals surface area contributed by atoms with E-state index in [-0.39, 0.29) is 11.0 Å². The second-order valence-electron chi connectivity index (χ2n) is 8.40. The molecule has 0 amide bonds. The van der Waals surface area contributed by atoms with Gasteiger partial charge in [0.25, 0.3) is 0 Å². The van der Waals surface area contributed by atoms with E-state index in [4.69, 9.17) is 4.74 Å². The zero-order valence-corrected chi connectivity index (χ0v) is 17.3. The molecule has 1 aromatic carbocycles. The number of hydrogen-bond donors (Lipinski definition) is 2. The molecule has 2 aromatic heterocycles. The summed E-state index contributed by atoms with van der Waals surface area (Å²) in [6.45, 7) is 7.16. The summed E-state index contributed by atoms with van der Waals surface area (Å²) in [6.07, 6.45) is 5.29. The number of ether oxygens (including phenoxy) is 1. The van der Waals surface area contributed by atoms with Gasteiger partial charge in [-0.15, -0.1) is 5.10 Å². The highest BCUT2D eigenvalue weighted by molar-refractivity contribution is 5.70. The third-order valence-corrected chi connectivity index (χ3v) is 6.19. The summed E-state index contributed by atoms with van der Waals surface area (Å²) < 4.78 is 7.25. The van der Waals surface area contributed by atoms with Crippen molar-refractivity contribution in [3.63, 3.8) is 0 Å². The fourth-order valence-corrected chi connectivity index (χ4v) is 4.59. The standard InChI is InChI=1S/C22H26N6O2/c1-15(2)27-13-22(6-9-30-10-7-22)18-11-16(3-4-19(18)27)25-21-24-14-28(26-21)17-5-8-23-20(29)12-17/h3-5,8,11-12,14-15H,6-7,9-10,13H2,1-2H3,(H,23,29)(H,25,26). The van der Waals surface area contributed by atoms with Gasteiger partial charge in [-0.2, -0.15) is 4.98 Å². The number of nitrogens with one attached hydrogen (secondary N) is 2. The fourth-order valence-electron chi connectivity index (χ4n) is 4.59. The van der Waals surface area contributed by atoms with Crippen molar-refractivity contribution in [2.45, 2.75) is 38.1 Å². The van der Waals surface area contributed by atoms with Gasteiger partial charge in [0.2, 0.25) is 11.5 Å². The quantitative estimate of drug-likeness (QED) is 0.693. The maximum Gasteiger partial charge on any atom is 0.250 e. The Bertz CT molecular complexity index is 1110. The molecule has 8 nitrogen and oxygen atoms in total. The van der Waals surface area contributed by atoms with E-state index in [0.29, 0.717) is 17.7 Å². The van der Waals surface area contributed by atoms with Gasteiger partial charge >= 0.3 is 0 Å². The van der Waals surface area contributed by atoms with Crippen molar-refractivity contribution in [2.24, 2.45) is 0 Å². The summed E-state index contributed by atoms with van der Waals surface area (Å²) >= 11 is 0. The number of rotatable bonds is 4. The first-order chi connectivity index (χ1) is 14.5. The minimum Gasteiger partial charge on any atom is -0.381 e. The third kappa shape index (κ3) is 3.27. The molecule has 0 atom stereocenters. The molecule has 2 N–H and O–H groups in total. The van der Waals surface area contributed by atoms with E-state index in [1.807, 2.05) is 0 Å². The maximum atomic E-state index is 11.5. The predicted molar refractivity (Wildman–Crippen MR) is 116 cm³/mol. The molecule has 8 heteroatoms.